The molecule has 1 rings (SSSR count). The van der Waals surface area contributed by atoms with Crippen molar-refractivity contribution in [2.75, 3.05) is 12.4 Å². The van der Waals surface area contributed by atoms with Crippen LogP contribution in [-0.2, 0) is 11.3 Å². The number of nitrogens with one attached hydrogen (secondary N) is 1. The number of aromatic nitrogens is 2. The number of nitrogens with zero attached hydrogens (tertiary/aromatic N) is 3. The van der Waals surface area contributed by atoms with Gasteiger partial charge < -0.3 is 15.3 Å². The van der Waals surface area contributed by atoms with Crippen molar-refractivity contribution in [1.82, 2.24) is 14.7 Å². The average molecular weight is 282 g/mol. The van der Waals surface area contributed by atoms with Crippen LogP contribution < -0.4 is 5.32 Å². The van der Waals surface area contributed by atoms with Gasteiger partial charge in [0.25, 0.3) is 0 Å². The zero-order chi connectivity index (χ0) is 15.3. The summed E-state index contributed by atoms with van der Waals surface area (Å²) in [6.45, 7) is 5.99. The third kappa shape index (κ3) is 4.91. The van der Waals surface area contributed by atoms with Gasteiger partial charge in [0.2, 0.25) is 0 Å². The van der Waals surface area contributed by atoms with E-state index in [0.29, 0.717) is 11.6 Å². The topological polar surface area (TPSA) is 87.5 Å². The third-order valence-corrected chi connectivity index (χ3v) is 2.98. The van der Waals surface area contributed by atoms with E-state index in [1.807, 2.05) is 6.92 Å². The van der Waals surface area contributed by atoms with Gasteiger partial charge in [-0.15, -0.1) is 0 Å². The Kier molecular flexibility index (Phi) is 5.54. The minimum atomic E-state index is -0.978. The van der Waals surface area contributed by atoms with E-state index in [1.165, 1.54) is 17.1 Å². The molecule has 7 heteroatoms. The Labute approximate surface area is 118 Å². The number of urea groups is 1. The zero-order valence-corrected chi connectivity index (χ0v) is 12.3. The molecule has 2 amide bonds. The normalized spacial score (nSPS) is 12.2. The SMILES string of the molecule is CC(C)CC(C)N(C)C(=O)Nc1cnn(CC(=O)O)c1. The van der Waals surface area contributed by atoms with Crippen LogP contribution in [0, 0.1) is 5.92 Å². The van der Waals surface area contributed by atoms with Crippen molar-refractivity contribution in [3.05, 3.63) is 12.4 Å². The maximum atomic E-state index is 12.0. The molecule has 0 bridgehead atoms. The molecule has 7 nitrogen and oxygen atoms in total. The number of carboxylic acid groups (broad SMARTS) is 1. The quantitative estimate of drug-likeness (QED) is 0.833. The molecule has 0 fully saturated rings. The molecule has 0 radical (unpaired) electrons. The molecule has 1 unspecified atom stereocenters. The van der Waals surface area contributed by atoms with E-state index in [9.17, 15) is 9.59 Å². The highest BCUT2D eigenvalue weighted by Gasteiger charge is 2.17. The molecule has 0 aliphatic heterocycles. The maximum Gasteiger partial charge on any atom is 0.325 e. The highest BCUT2D eigenvalue weighted by atomic mass is 16.4. The van der Waals surface area contributed by atoms with E-state index in [2.05, 4.69) is 24.3 Å². The molecule has 0 spiro atoms. The molecule has 1 atom stereocenters. The lowest BCUT2D eigenvalue weighted by atomic mass is 10.0. The predicted molar refractivity (Wildman–Crippen MR) is 75.6 cm³/mol. The number of carbonyl (C=O) groups excluding carboxylic acids is 1. The number of aliphatic carboxylic acids is 1. The first kappa shape index (κ1) is 16.0. The van der Waals surface area contributed by atoms with Gasteiger partial charge in [0.05, 0.1) is 11.9 Å². The van der Waals surface area contributed by atoms with E-state index in [4.69, 9.17) is 5.11 Å². The molecule has 0 saturated heterocycles. The molecular formula is C13H22N4O3. The summed E-state index contributed by atoms with van der Waals surface area (Å²) in [7, 11) is 1.74. The Hall–Kier alpha value is -2.05. The standard InChI is InChI=1S/C13H22N4O3/c1-9(2)5-10(3)16(4)13(20)15-11-6-14-17(7-11)8-12(18)19/h6-7,9-10H,5,8H2,1-4H3,(H,15,20)(H,18,19). The number of hydrogen-bond donors (Lipinski definition) is 2. The molecule has 1 aromatic rings. The lowest BCUT2D eigenvalue weighted by molar-refractivity contribution is -0.137. The summed E-state index contributed by atoms with van der Waals surface area (Å²) in [6.07, 6.45) is 3.84. The Morgan fingerprint density at radius 1 is 1.45 bits per heavy atom. The summed E-state index contributed by atoms with van der Waals surface area (Å²) in [6, 6.07) is -0.0999. The van der Waals surface area contributed by atoms with Crippen molar-refractivity contribution >= 4 is 17.7 Å². The van der Waals surface area contributed by atoms with Crippen LogP contribution in [0.2, 0.25) is 0 Å². The van der Waals surface area contributed by atoms with E-state index in [-0.39, 0.29) is 18.6 Å². The summed E-state index contributed by atoms with van der Waals surface area (Å²) < 4.78 is 1.26. The van der Waals surface area contributed by atoms with Gasteiger partial charge in [-0.1, -0.05) is 13.8 Å². The van der Waals surface area contributed by atoms with E-state index in [0.717, 1.165) is 6.42 Å². The Morgan fingerprint density at radius 2 is 2.10 bits per heavy atom. The molecule has 0 aromatic carbocycles. The van der Waals surface area contributed by atoms with Crippen LogP contribution in [0.4, 0.5) is 10.5 Å². The summed E-state index contributed by atoms with van der Waals surface area (Å²) in [5, 5.41) is 15.2. The Bertz CT molecular complexity index is 470. The van der Waals surface area contributed by atoms with Crippen LogP contribution in [0.5, 0.6) is 0 Å². The average Bonchev–Trinajstić information content (AvgIpc) is 2.73. The molecule has 0 aliphatic rings. The molecule has 112 valence electrons. The second-order valence-electron chi connectivity index (χ2n) is 5.34. The second kappa shape index (κ2) is 6.93. The molecule has 0 aliphatic carbocycles. The minimum absolute atomic E-state index is 0.129. The summed E-state index contributed by atoms with van der Waals surface area (Å²) in [5.41, 5.74) is 0.486. The minimum Gasteiger partial charge on any atom is -0.480 e. The lowest BCUT2D eigenvalue weighted by Gasteiger charge is -2.26. The Morgan fingerprint density at radius 3 is 2.65 bits per heavy atom. The van der Waals surface area contributed by atoms with Gasteiger partial charge in [0.15, 0.2) is 0 Å². The number of hydrogen-bond acceptors (Lipinski definition) is 3. The highest BCUT2D eigenvalue weighted by Crippen LogP contribution is 2.12. The Balaban J connectivity index is 2.57. The maximum absolute atomic E-state index is 12.0. The van der Waals surface area contributed by atoms with E-state index >= 15 is 0 Å². The van der Waals surface area contributed by atoms with Crippen LogP contribution in [0.25, 0.3) is 0 Å². The molecule has 2 N–H and O–H groups in total. The van der Waals surface area contributed by atoms with Crippen molar-refractivity contribution < 1.29 is 14.7 Å². The predicted octanol–water partition coefficient (Wildman–Crippen LogP) is 1.87. The highest BCUT2D eigenvalue weighted by molar-refractivity contribution is 5.89. The summed E-state index contributed by atoms with van der Waals surface area (Å²) >= 11 is 0. The van der Waals surface area contributed by atoms with Crippen molar-refractivity contribution in [1.29, 1.82) is 0 Å². The first-order chi connectivity index (χ1) is 9.29. The molecular weight excluding hydrogens is 260 g/mol. The third-order valence-electron chi connectivity index (χ3n) is 2.98. The first-order valence-electron chi connectivity index (χ1n) is 6.57. The smallest absolute Gasteiger partial charge is 0.325 e. The fourth-order valence-electron chi connectivity index (χ4n) is 1.91. The van der Waals surface area contributed by atoms with Crippen LogP contribution >= 0.6 is 0 Å². The fraction of sp³-hybridized carbons (Fsp3) is 0.615. The number of rotatable bonds is 6. The number of amides is 2. The fourth-order valence-corrected chi connectivity index (χ4v) is 1.91. The van der Waals surface area contributed by atoms with Crippen molar-refractivity contribution in [2.45, 2.75) is 39.8 Å². The van der Waals surface area contributed by atoms with E-state index < -0.39 is 5.97 Å². The van der Waals surface area contributed by atoms with Gasteiger partial charge in [-0.2, -0.15) is 5.10 Å². The number of carbonyl (C=O) groups is 2. The van der Waals surface area contributed by atoms with Crippen molar-refractivity contribution in [3.63, 3.8) is 0 Å². The molecule has 20 heavy (non-hydrogen) atoms. The lowest BCUT2D eigenvalue weighted by Crippen LogP contribution is -2.38. The van der Waals surface area contributed by atoms with Gasteiger partial charge >= 0.3 is 12.0 Å². The van der Waals surface area contributed by atoms with Crippen molar-refractivity contribution in [2.24, 2.45) is 5.92 Å². The van der Waals surface area contributed by atoms with Gasteiger partial charge in [-0.25, -0.2) is 4.79 Å². The first-order valence-corrected chi connectivity index (χ1v) is 6.57. The summed E-state index contributed by atoms with van der Waals surface area (Å²) in [4.78, 5) is 24.2. The van der Waals surface area contributed by atoms with Gasteiger partial charge in [-0.05, 0) is 19.3 Å². The van der Waals surface area contributed by atoms with Crippen LogP contribution in [-0.4, -0.2) is 44.9 Å². The van der Waals surface area contributed by atoms with Crippen LogP contribution in [0.3, 0.4) is 0 Å². The number of anilines is 1. The van der Waals surface area contributed by atoms with Gasteiger partial charge in [-0.3, -0.25) is 9.48 Å². The largest absolute Gasteiger partial charge is 0.480 e. The monoisotopic (exact) mass is 282 g/mol. The molecule has 1 heterocycles. The van der Waals surface area contributed by atoms with Crippen LogP contribution in [0.1, 0.15) is 27.2 Å². The van der Waals surface area contributed by atoms with Gasteiger partial charge in [0.1, 0.15) is 6.54 Å². The van der Waals surface area contributed by atoms with E-state index in [1.54, 1.807) is 11.9 Å². The molecule has 1 aromatic heterocycles. The zero-order valence-electron chi connectivity index (χ0n) is 12.3. The summed E-state index contributed by atoms with van der Waals surface area (Å²) in [5.74, 6) is -0.466. The van der Waals surface area contributed by atoms with Crippen molar-refractivity contribution in [3.8, 4) is 0 Å². The molecule has 0 saturated carbocycles. The van der Waals surface area contributed by atoms with Gasteiger partial charge in [0, 0.05) is 19.3 Å². The number of carboxylic acids is 1. The van der Waals surface area contributed by atoms with Crippen LogP contribution in [0.15, 0.2) is 12.4 Å². The second-order valence-corrected chi connectivity index (χ2v) is 5.34.